The van der Waals surface area contributed by atoms with E-state index in [1.807, 2.05) is 24.3 Å². The Hall–Kier alpha value is -2.30. The zero-order valence-electron chi connectivity index (χ0n) is 16.9. The zero-order chi connectivity index (χ0) is 20.6. The third-order valence-corrected chi connectivity index (χ3v) is 7.97. The van der Waals surface area contributed by atoms with Crippen LogP contribution in [0.2, 0.25) is 0 Å². The number of amides is 1. The first kappa shape index (κ1) is 20.0. The average Bonchev–Trinajstić information content (AvgIpc) is 3.24. The molecule has 3 aliphatic rings. The van der Waals surface area contributed by atoms with Gasteiger partial charge in [0, 0.05) is 12.3 Å². The molecule has 0 radical (unpaired) electrons. The van der Waals surface area contributed by atoms with Gasteiger partial charge in [-0.2, -0.15) is 5.26 Å². The molecule has 3 heterocycles. The van der Waals surface area contributed by atoms with Crippen molar-refractivity contribution in [2.75, 3.05) is 20.1 Å². The van der Waals surface area contributed by atoms with Crippen LogP contribution in [0.5, 0.6) is 0 Å². The van der Waals surface area contributed by atoms with Crippen LogP contribution in [0.1, 0.15) is 37.3 Å². The molecule has 1 aromatic carbocycles. The van der Waals surface area contributed by atoms with E-state index in [-0.39, 0.29) is 17.1 Å². The summed E-state index contributed by atoms with van der Waals surface area (Å²) in [7, 11) is 1.73. The van der Waals surface area contributed by atoms with Gasteiger partial charge in [-0.1, -0.05) is 12.1 Å². The summed E-state index contributed by atoms with van der Waals surface area (Å²) >= 11 is 1.74. The van der Waals surface area contributed by atoms with E-state index in [1.165, 1.54) is 10.5 Å². The number of thioether (sulfide) groups is 1. The minimum absolute atomic E-state index is 0.0902. The molecule has 3 N–H and O–H groups in total. The van der Waals surface area contributed by atoms with Gasteiger partial charge in [-0.15, -0.1) is 11.8 Å². The smallest absolute Gasteiger partial charge is 0.234 e. The van der Waals surface area contributed by atoms with Crippen LogP contribution >= 0.6 is 11.8 Å². The molecule has 152 valence electrons. The number of nitrogens with one attached hydrogen (secondary N) is 1. The SMILES string of the molecule is CN1C(=O)[C@@H](C2CCNCC2)[C@@](C)(C2CC(c3cccc(C#N)c3)=CS2)N=C1N. The highest BCUT2D eigenvalue weighted by atomic mass is 32.2. The number of nitrogens with two attached hydrogens (primary N) is 1. The van der Waals surface area contributed by atoms with Crippen molar-refractivity contribution in [3.05, 3.63) is 40.8 Å². The van der Waals surface area contributed by atoms with Crippen LogP contribution in [0, 0.1) is 23.2 Å². The quantitative estimate of drug-likeness (QED) is 0.800. The van der Waals surface area contributed by atoms with Crippen LogP contribution < -0.4 is 11.1 Å². The normalized spacial score (nSPS) is 30.7. The number of hydrogen-bond donors (Lipinski definition) is 2. The molecule has 7 heteroatoms. The summed E-state index contributed by atoms with van der Waals surface area (Å²) in [5.41, 5.74) is 8.54. The van der Waals surface area contributed by atoms with Gasteiger partial charge in [-0.3, -0.25) is 9.69 Å². The van der Waals surface area contributed by atoms with E-state index in [0.29, 0.717) is 17.4 Å². The third-order valence-electron chi connectivity index (χ3n) is 6.57. The Bertz CT molecular complexity index is 914. The molecule has 1 aromatic rings. The highest BCUT2D eigenvalue weighted by Crippen LogP contribution is 2.49. The van der Waals surface area contributed by atoms with E-state index < -0.39 is 5.54 Å². The average molecular weight is 410 g/mol. The summed E-state index contributed by atoms with van der Waals surface area (Å²) in [6.07, 6.45) is 2.78. The number of rotatable bonds is 3. The molecule has 3 aliphatic heterocycles. The van der Waals surface area contributed by atoms with Crippen LogP contribution in [-0.4, -0.2) is 47.7 Å². The lowest BCUT2D eigenvalue weighted by Gasteiger charge is -2.47. The summed E-state index contributed by atoms with van der Waals surface area (Å²) in [5, 5.41) is 14.9. The third kappa shape index (κ3) is 3.56. The standard InChI is InChI=1S/C22H27N5OS/c1-22(18-11-17(13-29-18)16-5-3-4-14(10-16)12-23)19(15-6-8-25-9-7-15)20(28)27(2)21(24)26-22/h3-5,10,13,15,18-19,25H,6-9,11H2,1-2H3,(H2,24,26)/t18?,19-,22-/m1/s1. The molecule has 29 heavy (non-hydrogen) atoms. The fourth-order valence-electron chi connectivity index (χ4n) is 4.87. The molecule has 4 rings (SSSR count). The molecule has 1 amide bonds. The monoisotopic (exact) mass is 409 g/mol. The van der Waals surface area contributed by atoms with Crippen molar-refractivity contribution in [2.45, 2.75) is 37.0 Å². The molecule has 0 aliphatic carbocycles. The molecule has 0 spiro atoms. The lowest BCUT2D eigenvalue weighted by atomic mass is 9.69. The Morgan fingerprint density at radius 3 is 2.86 bits per heavy atom. The Morgan fingerprint density at radius 2 is 2.14 bits per heavy atom. The predicted octanol–water partition coefficient (Wildman–Crippen LogP) is 2.57. The number of nitriles is 1. The van der Waals surface area contributed by atoms with Gasteiger partial charge < -0.3 is 11.1 Å². The van der Waals surface area contributed by atoms with Crippen molar-refractivity contribution < 1.29 is 4.79 Å². The first-order chi connectivity index (χ1) is 13.9. The second-order valence-corrected chi connectivity index (χ2v) is 9.40. The van der Waals surface area contributed by atoms with Crippen LogP contribution in [0.4, 0.5) is 0 Å². The van der Waals surface area contributed by atoms with E-state index in [9.17, 15) is 10.1 Å². The van der Waals surface area contributed by atoms with Crippen molar-refractivity contribution >= 4 is 29.2 Å². The van der Waals surface area contributed by atoms with Gasteiger partial charge in [0.15, 0.2) is 5.96 Å². The topological polar surface area (TPSA) is 94.5 Å². The molecular weight excluding hydrogens is 382 g/mol. The van der Waals surface area contributed by atoms with Crippen molar-refractivity contribution in [3.63, 3.8) is 0 Å². The van der Waals surface area contributed by atoms with Crippen molar-refractivity contribution in [2.24, 2.45) is 22.6 Å². The highest BCUT2D eigenvalue weighted by molar-refractivity contribution is 8.03. The minimum atomic E-state index is -0.550. The number of aliphatic imine (C=N–C) groups is 1. The largest absolute Gasteiger partial charge is 0.369 e. The molecule has 0 aromatic heterocycles. The summed E-state index contributed by atoms with van der Waals surface area (Å²) < 4.78 is 0. The van der Waals surface area contributed by atoms with Gasteiger partial charge in [0.25, 0.3) is 0 Å². The Kier molecular flexibility index (Phi) is 5.41. The van der Waals surface area contributed by atoms with Gasteiger partial charge in [-0.05, 0) is 73.9 Å². The summed E-state index contributed by atoms with van der Waals surface area (Å²) in [6.45, 7) is 3.99. The van der Waals surface area contributed by atoms with E-state index >= 15 is 0 Å². The maximum Gasteiger partial charge on any atom is 0.234 e. The number of hydrogen-bond acceptors (Lipinski definition) is 6. The fraction of sp³-hybridized carbons (Fsp3) is 0.500. The number of nitrogens with zero attached hydrogens (tertiary/aromatic N) is 3. The minimum Gasteiger partial charge on any atom is -0.369 e. The summed E-state index contributed by atoms with van der Waals surface area (Å²) in [4.78, 5) is 19.8. The molecular formula is C22H27N5OS. The molecule has 3 atom stereocenters. The van der Waals surface area contributed by atoms with Gasteiger partial charge in [0.2, 0.25) is 5.91 Å². The fourth-order valence-corrected chi connectivity index (χ4v) is 6.18. The van der Waals surface area contributed by atoms with Crippen molar-refractivity contribution in [1.82, 2.24) is 10.2 Å². The summed E-state index contributed by atoms with van der Waals surface area (Å²) in [5.74, 6) is 0.535. The Morgan fingerprint density at radius 1 is 1.38 bits per heavy atom. The van der Waals surface area contributed by atoms with Crippen LogP contribution in [0.3, 0.4) is 0 Å². The number of allylic oxidation sites excluding steroid dienone is 1. The van der Waals surface area contributed by atoms with Crippen LogP contribution in [0.25, 0.3) is 5.57 Å². The first-order valence-corrected chi connectivity index (χ1v) is 11.1. The Labute approximate surface area is 176 Å². The zero-order valence-corrected chi connectivity index (χ0v) is 17.7. The second-order valence-electron chi connectivity index (χ2n) is 8.32. The molecule has 6 nitrogen and oxygen atoms in total. The highest BCUT2D eigenvalue weighted by Gasteiger charge is 2.53. The Balaban J connectivity index is 1.64. The molecule has 1 fully saturated rings. The van der Waals surface area contributed by atoms with Crippen LogP contribution in [0.15, 0.2) is 34.7 Å². The molecule has 1 saturated heterocycles. The van der Waals surface area contributed by atoms with Crippen molar-refractivity contribution in [1.29, 1.82) is 5.26 Å². The number of guanidine groups is 1. The molecule has 0 saturated carbocycles. The molecule has 0 bridgehead atoms. The van der Waals surface area contributed by atoms with Crippen LogP contribution in [-0.2, 0) is 4.79 Å². The van der Waals surface area contributed by atoms with Crippen molar-refractivity contribution in [3.8, 4) is 6.07 Å². The molecule has 1 unspecified atom stereocenters. The second kappa shape index (κ2) is 7.85. The number of carbonyl (C=O) groups excluding carboxylic acids is 1. The van der Waals surface area contributed by atoms with Gasteiger partial charge >= 0.3 is 0 Å². The predicted molar refractivity (Wildman–Crippen MR) is 117 cm³/mol. The first-order valence-electron chi connectivity index (χ1n) is 10.1. The van der Waals surface area contributed by atoms with Gasteiger partial charge in [0.05, 0.1) is 23.1 Å². The van der Waals surface area contributed by atoms with Gasteiger partial charge in [-0.25, -0.2) is 4.99 Å². The number of piperidine rings is 1. The summed E-state index contributed by atoms with van der Waals surface area (Å²) in [6, 6.07) is 9.92. The van der Waals surface area contributed by atoms with E-state index in [2.05, 4.69) is 23.7 Å². The van der Waals surface area contributed by atoms with Gasteiger partial charge in [0.1, 0.15) is 0 Å². The number of carbonyl (C=O) groups is 1. The maximum atomic E-state index is 13.3. The lowest BCUT2D eigenvalue weighted by molar-refractivity contribution is -0.136. The number of benzene rings is 1. The van der Waals surface area contributed by atoms with E-state index in [1.54, 1.807) is 18.8 Å². The lowest BCUT2D eigenvalue weighted by Crippen LogP contribution is -2.61. The maximum absolute atomic E-state index is 13.3. The van der Waals surface area contributed by atoms with E-state index in [4.69, 9.17) is 10.7 Å². The van der Waals surface area contributed by atoms with E-state index in [0.717, 1.165) is 37.9 Å².